The molecule has 0 heterocycles. The van der Waals surface area contributed by atoms with Gasteiger partial charge in [0.1, 0.15) is 17.5 Å². The fourth-order valence-corrected chi connectivity index (χ4v) is 2.58. The number of halogens is 1. The smallest absolute Gasteiger partial charge is 0.244 e. The van der Waals surface area contributed by atoms with E-state index < -0.39 is 11.9 Å². The van der Waals surface area contributed by atoms with Gasteiger partial charge in [-0.05, 0) is 42.0 Å². The third-order valence-corrected chi connectivity index (χ3v) is 3.96. The van der Waals surface area contributed by atoms with Crippen LogP contribution in [0.2, 0.25) is 5.02 Å². The molecule has 3 aromatic carbocycles. The molecule has 126 valence electrons. The SMILES string of the molecule is NC(=O)[C@H](Nc1ccc(Oc2ccccc2Cl)cc1)c1ccccc1. The van der Waals surface area contributed by atoms with Crippen LogP contribution in [-0.4, -0.2) is 5.91 Å². The van der Waals surface area contributed by atoms with Crippen LogP contribution in [0.25, 0.3) is 0 Å². The summed E-state index contributed by atoms with van der Waals surface area (Å²) in [6.07, 6.45) is 0. The summed E-state index contributed by atoms with van der Waals surface area (Å²) in [7, 11) is 0. The molecular weight excluding hydrogens is 336 g/mol. The minimum atomic E-state index is -0.600. The number of ether oxygens (including phenoxy) is 1. The molecule has 4 nitrogen and oxygen atoms in total. The highest BCUT2D eigenvalue weighted by Crippen LogP contribution is 2.30. The van der Waals surface area contributed by atoms with Crippen LogP contribution in [0.1, 0.15) is 11.6 Å². The normalized spacial score (nSPS) is 11.6. The van der Waals surface area contributed by atoms with Gasteiger partial charge in [0.05, 0.1) is 5.02 Å². The fraction of sp³-hybridized carbons (Fsp3) is 0.0500. The van der Waals surface area contributed by atoms with Crippen LogP contribution in [0.3, 0.4) is 0 Å². The van der Waals surface area contributed by atoms with E-state index in [1.54, 1.807) is 24.3 Å². The Kier molecular flexibility index (Phi) is 5.21. The Bertz CT molecular complexity index is 851. The van der Waals surface area contributed by atoms with Gasteiger partial charge in [-0.2, -0.15) is 0 Å². The van der Waals surface area contributed by atoms with Gasteiger partial charge in [0.25, 0.3) is 0 Å². The first-order valence-electron chi connectivity index (χ1n) is 7.77. The van der Waals surface area contributed by atoms with Gasteiger partial charge in [-0.15, -0.1) is 0 Å². The third-order valence-electron chi connectivity index (χ3n) is 3.65. The zero-order valence-electron chi connectivity index (χ0n) is 13.4. The Morgan fingerprint density at radius 3 is 2.20 bits per heavy atom. The number of nitrogens with two attached hydrogens (primary N) is 1. The molecule has 0 fully saturated rings. The van der Waals surface area contributed by atoms with E-state index in [2.05, 4.69) is 5.32 Å². The second-order valence-electron chi connectivity index (χ2n) is 5.45. The molecule has 0 radical (unpaired) electrons. The van der Waals surface area contributed by atoms with Crippen molar-refractivity contribution in [2.45, 2.75) is 6.04 Å². The molecule has 0 aliphatic carbocycles. The van der Waals surface area contributed by atoms with E-state index in [0.717, 1.165) is 11.3 Å². The lowest BCUT2D eigenvalue weighted by Gasteiger charge is -2.17. The summed E-state index contributed by atoms with van der Waals surface area (Å²) in [4.78, 5) is 11.8. The van der Waals surface area contributed by atoms with Gasteiger partial charge in [0.2, 0.25) is 5.91 Å². The average molecular weight is 353 g/mol. The van der Waals surface area contributed by atoms with E-state index in [0.29, 0.717) is 16.5 Å². The Balaban J connectivity index is 1.73. The van der Waals surface area contributed by atoms with Gasteiger partial charge in [0.15, 0.2) is 0 Å². The zero-order valence-corrected chi connectivity index (χ0v) is 14.1. The van der Waals surface area contributed by atoms with E-state index in [1.807, 2.05) is 54.6 Å². The first-order chi connectivity index (χ1) is 12.1. The standard InChI is InChI=1S/C20H17ClN2O2/c21-17-8-4-5-9-18(17)25-16-12-10-15(11-13-16)23-19(20(22)24)14-6-2-1-3-7-14/h1-13,19,23H,(H2,22,24)/t19-/m1/s1. The maximum atomic E-state index is 11.8. The molecule has 1 atom stereocenters. The number of carbonyl (C=O) groups excluding carboxylic acids is 1. The Morgan fingerprint density at radius 2 is 1.56 bits per heavy atom. The molecule has 0 unspecified atom stereocenters. The molecule has 0 spiro atoms. The number of carbonyl (C=O) groups is 1. The van der Waals surface area contributed by atoms with Crippen molar-refractivity contribution >= 4 is 23.2 Å². The van der Waals surface area contributed by atoms with E-state index in [-0.39, 0.29) is 0 Å². The zero-order chi connectivity index (χ0) is 17.6. The first kappa shape index (κ1) is 16.9. The van der Waals surface area contributed by atoms with Gasteiger partial charge < -0.3 is 15.8 Å². The Labute approximate surface area is 151 Å². The molecule has 5 heteroatoms. The summed E-state index contributed by atoms with van der Waals surface area (Å²) in [5.74, 6) is 0.792. The number of benzene rings is 3. The van der Waals surface area contributed by atoms with Gasteiger partial charge in [-0.3, -0.25) is 4.79 Å². The maximum Gasteiger partial charge on any atom is 0.244 e. The van der Waals surface area contributed by atoms with Crippen molar-refractivity contribution in [2.24, 2.45) is 5.73 Å². The summed E-state index contributed by atoms with van der Waals surface area (Å²) < 4.78 is 5.75. The van der Waals surface area contributed by atoms with Crippen LogP contribution in [0.5, 0.6) is 11.5 Å². The molecule has 0 saturated heterocycles. The second kappa shape index (κ2) is 7.73. The molecule has 0 aliphatic rings. The fourth-order valence-electron chi connectivity index (χ4n) is 2.40. The highest BCUT2D eigenvalue weighted by Gasteiger charge is 2.17. The molecule has 3 N–H and O–H groups in total. The van der Waals surface area contributed by atoms with Crippen LogP contribution >= 0.6 is 11.6 Å². The number of anilines is 1. The summed E-state index contributed by atoms with van der Waals surface area (Å²) in [5.41, 5.74) is 7.10. The number of nitrogens with one attached hydrogen (secondary N) is 1. The van der Waals surface area contributed by atoms with Gasteiger partial charge in [-0.1, -0.05) is 54.1 Å². The lowest BCUT2D eigenvalue weighted by molar-refractivity contribution is -0.118. The second-order valence-corrected chi connectivity index (χ2v) is 5.85. The quantitative estimate of drug-likeness (QED) is 0.671. The predicted molar refractivity (Wildman–Crippen MR) is 100.0 cm³/mol. The van der Waals surface area contributed by atoms with Crippen LogP contribution < -0.4 is 15.8 Å². The maximum absolute atomic E-state index is 11.8. The van der Waals surface area contributed by atoms with E-state index >= 15 is 0 Å². The number of amides is 1. The van der Waals surface area contributed by atoms with Crippen molar-refractivity contribution in [1.82, 2.24) is 0 Å². The van der Waals surface area contributed by atoms with Crippen molar-refractivity contribution in [3.05, 3.63) is 89.4 Å². The molecule has 1 amide bonds. The first-order valence-corrected chi connectivity index (χ1v) is 8.14. The highest BCUT2D eigenvalue weighted by molar-refractivity contribution is 6.32. The number of hydrogen-bond donors (Lipinski definition) is 2. The minimum Gasteiger partial charge on any atom is -0.456 e. The number of hydrogen-bond acceptors (Lipinski definition) is 3. The van der Waals surface area contributed by atoms with E-state index in [1.165, 1.54) is 0 Å². The summed E-state index contributed by atoms with van der Waals surface area (Å²) in [6, 6.07) is 23.3. The Morgan fingerprint density at radius 1 is 0.920 bits per heavy atom. The number of para-hydroxylation sites is 1. The molecule has 0 saturated carbocycles. The third kappa shape index (κ3) is 4.31. The molecular formula is C20H17ClN2O2. The van der Waals surface area contributed by atoms with Crippen LogP contribution in [0, 0.1) is 0 Å². The van der Waals surface area contributed by atoms with Crippen molar-refractivity contribution in [3.8, 4) is 11.5 Å². The monoisotopic (exact) mass is 352 g/mol. The van der Waals surface area contributed by atoms with Crippen LogP contribution in [-0.2, 0) is 4.79 Å². The summed E-state index contributed by atoms with van der Waals surface area (Å²) in [6.45, 7) is 0. The molecule has 0 aromatic heterocycles. The highest BCUT2D eigenvalue weighted by atomic mass is 35.5. The summed E-state index contributed by atoms with van der Waals surface area (Å²) in [5, 5.41) is 3.69. The van der Waals surface area contributed by atoms with Crippen molar-refractivity contribution in [1.29, 1.82) is 0 Å². The lowest BCUT2D eigenvalue weighted by atomic mass is 10.1. The molecule has 0 bridgehead atoms. The van der Waals surface area contributed by atoms with E-state index in [9.17, 15) is 4.79 Å². The van der Waals surface area contributed by atoms with Crippen molar-refractivity contribution < 1.29 is 9.53 Å². The van der Waals surface area contributed by atoms with Gasteiger partial charge in [0, 0.05) is 5.69 Å². The Hall–Kier alpha value is -2.98. The van der Waals surface area contributed by atoms with Gasteiger partial charge >= 0.3 is 0 Å². The van der Waals surface area contributed by atoms with Crippen LogP contribution in [0.15, 0.2) is 78.9 Å². The average Bonchev–Trinajstić information content (AvgIpc) is 2.63. The largest absolute Gasteiger partial charge is 0.456 e. The van der Waals surface area contributed by atoms with Crippen molar-refractivity contribution in [3.63, 3.8) is 0 Å². The van der Waals surface area contributed by atoms with Crippen molar-refractivity contribution in [2.75, 3.05) is 5.32 Å². The summed E-state index contributed by atoms with van der Waals surface area (Å²) >= 11 is 6.09. The molecule has 25 heavy (non-hydrogen) atoms. The number of rotatable bonds is 6. The topological polar surface area (TPSA) is 64.4 Å². The molecule has 0 aliphatic heterocycles. The van der Waals surface area contributed by atoms with Crippen LogP contribution in [0.4, 0.5) is 5.69 Å². The van der Waals surface area contributed by atoms with Gasteiger partial charge in [-0.25, -0.2) is 0 Å². The molecule has 3 aromatic rings. The lowest BCUT2D eigenvalue weighted by Crippen LogP contribution is -2.27. The minimum absolute atomic E-state index is 0.442. The van der Waals surface area contributed by atoms with E-state index in [4.69, 9.17) is 22.1 Å². The number of primary amides is 1. The molecule has 3 rings (SSSR count). The predicted octanol–water partition coefficient (Wildman–Crippen LogP) is 4.77.